The summed E-state index contributed by atoms with van der Waals surface area (Å²) < 4.78 is 29.9. The molecule has 2 heterocycles. The van der Waals surface area contributed by atoms with Crippen LogP contribution < -0.4 is 29.1 Å². The summed E-state index contributed by atoms with van der Waals surface area (Å²) in [5, 5.41) is 2.71. The summed E-state index contributed by atoms with van der Waals surface area (Å²) in [7, 11) is 1.27. The van der Waals surface area contributed by atoms with Crippen LogP contribution in [0.2, 0.25) is 10.0 Å². The maximum Gasteiger partial charge on any atom is 0.343 e. The van der Waals surface area contributed by atoms with E-state index < -0.39 is 18.0 Å². The summed E-state index contributed by atoms with van der Waals surface area (Å²) in [4.78, 5) is 45.0. The van der Waals surface area contributed by atoms with Gasteiger partial charge < -0.3 is 23.7 Å². The average Bonchev–Trinajstić information content (AvgIpc) is 3.44. The molecule has 0 bridgehead atoms. The van der Waals surface area contributed by atoms with Crippen molar-refractivity contribution in [1.82, 2.24) is 4.57 Å². The molecule has 5 aromatic rings. The number of rotatable bonds is 12. The molecule has 268 valence electrons. The van der Waals surface area contributed by atoms with Crippen LogP contribution in [0.25, 0.3) is 16.8 Å². The minimum atomic E-state index is -0.913. The number of ether oxygens (including phenoxy) is 5. The summed E-state index contributed by atoms with van der Waals surface area (Å²) in [5.74, 6) is 0.0176. The minimum Gasteiger partial charge on any atom is -0.490 e. The Morgan fingerprint density at radius 3 is 2.44 bits per heavy atom. The van der Waals surface area contributed by atoms with E-state index >= 15 is 0 Å². The SMILES string of the molecule is CCOC(=O)C1=C(C)N=c2s/c(=C/c3c(OCc4ccc(Cl)c(Cl)c4)ccc4ccccc34)c(=O)n2[C@H]1c1ccc(OCC(=O)OC)c(OCC)c1. The van der Waals surface area contributed by atoms with Crippen LogP contribution >= 0.6 is 34.5 Å². The zero-order valence-electron chi connectivity index (χ0n) is 28.7. The average molecular weight is 762 g/mol. The molecule has 0 saturated heterocycles. The molecule has 0 radical (unpaired) electrons. The number of methoxy groups -OCH3 is 1. The first-order chi connectivity index (χ1) is 25.1. The van der Waals surface area contributed by atoms with Gasteiger partial charge in [0.05, 0.1) is 52.2 Å². The van der Waals surface area contributed by atoms with Crippen LogP contribution in [0.3, 0.4) is 0 Å². The lowest BCUT2D eigenvalue weighted by Gasteiger charge is -2.25. The number of halogens is 2. The number of hydrogen-bond acceptors (Lipinski definition) is 10. The number of nitrogens with zero attached hydrogens (tertiary/aromatic N) is 2. The Kier molecular flexibility index (Phi) is 11.3. The zero-order chi connectivity index (χ0) is 36.9. The van der Waals surface area contributed by atoms with Gasteiger partial charge in [-0.3, -0.25) is 9.36 Å². The third-order valence-electron chi connectivity index (χ3n) is 8.26. The van der Waals surface area contributed by atoms with Crippen molar-refractivity contribution in [2.24, 2.45) is 4.99 Å². The second-order valence-electron chi connectivity index (χ2n) is 11.5. The van der Waals surface area contributed by atoms with Gasteiger partial charge in [-0.15, -0.1) is 0 Å². The number of aromatic nitrogens is 1. The summed E-state index contributed by atoms with van der Waals surface area (Å²) in [6, 6.07) is 21.1. The van der Waals surface area contributed by atoms with Crippen molar-refractivity contribution >= 4 is 63.3 Å². The number of carbonyl (C=O) groups is 2. The van der Waals surface area contributed by atoms with Gasteiger partial charge in [-0.05, 0) is 79.1 Å². The van der Waals surface area contributed by atoms with Crippen LogP contribution in [0.15, 0.2) is 93.9 Å². The van der Waals surface area contributed by atoms with Crippen molar-refractivity contribution in [2.45, 2.75) is 33.4 Å². The van der Waals surface area contributed by atoms with Gasteiger partial charge in [0.25, 0.3) is 5.56 Å². The Bertz CT molecular complexity index is 2400. The Hall–Kier alpha value is -5.10. The highest BCUT2D eigenvalue weighted by atomic mass is 35.5. The van der Waals surface area contributed by atoms with E-state index in [-0.39, 0.29) is 31.0 Å². The predicted octanol–water partition coefficient (Wildman–Crippen LogP) is 6.79. The minimum absolute atomic E-state index is 0.128. The lowest BCUT2D eigenvalue weighted by molar-refractivity contribution is -0.143. The number of carbonyl (C=O) groups excluding carboxylic acids is 2. The van der Waals surface area contributed by atoms with Gasteiger partial charge in [0.1, 0.15) is 12.4 Å². The molecule has 1 atom stereocenters. The molecule has 10 nitrogen and oxygen atoms in total. The Balaban J connectivity index is 1.50. The monoisotopic (exact) mass is 760 g/mol. The van der Waals surface area contributed by atoms with Crippen LogP contribution in [-0.4, -0.2) is 43.4 Å². The summed E-state index contributed by atoms with van der Waals surface area (Å²) in [6.45, 7) is 5.54. The first-order valence-electron chi connectivity index (χ1n) is 16.4. The normalized spacial score (nSPS) is 14.1. The van der Waals surface area contributed by atoms with Crippen LogP contribution in [0.4, 0.5) is 0 Å². The molecule has 0 fully saturated rings. The highest BCUT2D eigenvalue weighted by Gasteiger charge is 2.34. The Morgan fingerprint density at radius 2 is 1.69 bits per heavy atom. The van der Waals surface area contributed by atoms with Gasteiger partial charge in [0.2, 0.25) is 0 Å². The van der Waals surface area contributed by atoms with Crippen molar-refractivity contribution in [3.63, 3.8) is 0 Å². The van der Waals surface area contributed by atoms with Gasteiger partial charge in [-0.2, -0.15) is 0 Å². The fraction of sp³-hybridized carbons (Fsp3) is 0.231. The Morgan fingerprint density at radius 1 is 0.904 bits per heavy atom. The van der Waals surface area contributed by atoms with Crippen LogP contribution in [0.1, 0.15) is 43.5 Å². The molecule has 0 unspecified atom stereocenters. The maximum absolute atomic E-state index is 14.6. The molecule has 1 aliphatic heterocycles. The van der Waals surface area contributed by atoms with E-state index in [0.717, 1.165) is 16.3 Å². The molecule has 0 saturated carbocycles. The lowest BCUT2D eigenvalue weighted by Crippen LogP contribution is -2.40. The molecule has 1 aliphatic rings. The second-order valence-corrected chi connectivity index (χ2v) is 13.4. The highest BCUT2D eigenvalue weighted by molar-refractivity contribution is 7.07. The number of thiazole rings is 1. The second kappa shape index (κ2) is 16.1. The molecular weight excluding hydrogens is 727 g/mol. The van der Waals surface area contributed by atoms with Crippen molar-refractivity contribution < 1.29 is 33.3 Å². The first kappa shape index (κ1) is 36.7. The maximum atomic E-state index is 14.6. The number of esters is 2. The smallest absolute Gasteiger partial charge is 0.343 e. The standard InChI is InChI=1S/C39H34Cl2N2O8S/c1-5-48-32-18-25(13-16-31(32)51-21-34(44)47-4)36-35(38(46)49-6-2)22(3)42-39-43(36)37(45)33(52-39)19-27-26-10-8-7-9-24(26)12-15-30(27)50-20-23-11-14-28(40)29(41)17-23/h7-19,36H,5-6,20-21H2,1-4H3/b33-19+/t36-/m0/s1. The topological polar surface area (TPSA) is 115 Å². The largest absolute Gasteiger partial charge is 0.490 e. The Labute approximate surface area is 313 Å². The third-order valence-corrected chi connectivity index (χ3v) is 9.98. The van der Waals surface area contributed by atoms with E-state index in [1.165, 1.54) is 23.0 Å². The molecule has 13 heteroatoms. The molecule has 4 aromatic carbocycles. The van der Waals surface area contributed by atoms with Crippen molar-refractivity contribution in [1.29, 1.82) is 0 Å². The van der Waals surface area contributed by atoms with Crippen LogP contribution in [0.5, 0.6) is 17.2 Å². The van der Waals surface area contributed by atoms with E-state index in [4.69, 9.17) is 51.9 Å². The highest BCUT2D eigenvalue weighted by Crippen LogP contribution is 2.37. The quantitative estimate of drug-likeness (QED) is 0.128. The predicted molar refractivity (Wildman–Crippen MR) is 200 cm³/mol. The van der Waals surface area contributed by atoms with E-state index in [0.29, 0.717) is 60.1 Å². The number of fused-ring (bicyclic) bond motifs is 2. The van der Waals surface area contributed by atoms with E-state index in [1.807, 2.05) is 49.4 Å². The molecule has 0 amide bonds. The lowest BCUT2D eigenvalue weighted by atomic mass is 9.95. The van der Waals surface area contributed by atoms with Gasteiger partial charge in [0, 0.05) is 5.56 Å². The van der Waals surface area contributed by atoms with Gasteiger partial charge in [0.15, 0.2) is 22.9 Å². The van der Waals surface area contributed by atoms with E-state index in [9.17, 15) is 14.4 Å². The van der Waals surface area contributed by atoms with Crippen molar-refractivity contribution in [3.05, 3.63) is 130 Å². The van der Waals surface area contributed by atoms with Gasteiger partial charge in [-0.1, -0.05) is 77.0 Å². The molecule has 0 spiro atoms. The summed E-state index contributed by atoms with van der Waals surface area (Å²) in [6.07, 6.45) is 1.80. The van der Waals surface area contributed by atoms with Crippen molar-refractivity contribution in [3.8, 4) is 17.2 Å². The first-order valence-corrected chi connectivity index (χ1v) is 17.9. The summed E-state index contributed by atoms with van der Waals surface area (Å²) >= 11 is 13.6. The van der Waals surface area contributed by atoms with Crippen LogP contribution in [0, 0.1) is 0 Å². The molecule has 6 rings (SSSR count). The van der Waals surface area contributed by atoms with Gasteiger partial charge >= 0.3 is 11.9 Å². The van der Waals surface area contributed by atoms with Crippen LogP contribution in [-0.2, 0) is 25.7 Å². The fourth-order valence-electron chi connectivity index (χ4n) is 5.86. The number of hydrogen-bond donors (Lipinski definition) is 0. The molecule has 1 aromatic heterocycles. The molecular formula is C39H34Cl2N2O8S. The summed E-state index contributed by atoms with van der Waals surface area (Å²) in [5.41, 5.74) is 2.33. The van der Waals surface area contributed by atoms with Crippen molar-refractivity contribution in [2.75, 3.05) is 26.9 Å². The third kappa shape index (κ3) is 7.57. The molecule has 52 heavy (non-hydrogen) atoms. The van der Waals surface area contributed by atoms with Gasteiger partial charge in [-0.25, -0.2) is 14.6 Å². The fourth-order valence-corrected chi connectivity index (χ4v) is 7.21. The molecule has 0 N–H and O–H groups in total. The van der Waals surface area contributed by atoms with E-state index in [1.54, 1.807) is 50.3 Å². The zero-order valence-corrected chi connectivity index (χ0v) is 31.1. The number of benzene rings is 4. The van der Waals surface area contributed by atoms with E-state index in [2.05, 4.69) is 0 Å². The number of allylic oxidation sites excluding steroid dienone is 1. The molecule has 0 aliphatic carbocycles.